The minimum Gasteiger partial charge on any atom is -0.538 e. The van der Waals surface area contributed by atoms with Gasteiger partial charge in [0.05, 0.1) is 10.6 Å². The fourth-order valence-corrected chi connectivity index (χ4v) is 5.09. The van der Waals surface area contributed by atoms with E-state index in [1.54, 1.807) is 6.07 Å². The van der Waals surface area contributed by atoms with E-state index in [1.165, 1.54) is 11.3 Å². The minimum absolute atomic E-state index is 0.0551. The molecule has 0 aliphatic rings. The molecule has 0 amide bonds. The molecule has 0 fully saturated rings. The van der Waals surface area contributed by atoms with E-state index in [2.05, 4.69) is 20.7 Å². The van der Waals surface area contributed by atoms with Gasteiger partial charge in [0.1, 0.15) is 0 Å². The number of hydrogen-bond donors (Lipinski definition) is 2. The van der Waals surface area contributed by atoms with Crippen molar-refractivity contribution in [1.29, 1.82) is 0 Å². The van der Waals surface area contributed by atoms with Crippen molar-refractivity contribution >= 4 is 51.5 Å². The van der Waals surface area contributed by atoms with Gasteiger partial charge in [-0.05, 0) is 37.5 Å². The van der Waals surface area contributed by atoms with Gasteiger partial charge in [-0.25, -0.2) is 13.1 Å². The lowest BCUT2D eigenvalue weighted by Crippen LogP contribution is -2.29. The van der Waals surface area contributed by atoms with Gasteiger partial charge in [-0.15, -0.1) is 11.3 Å². The highest BCUT2D eigenvalue weighted by atomic mass is 79.9. The molecular formula is C14H20BrNO5S2Si. The molecule has 0 bridgehead atoms. The Morgan fingerprint density at radius 1 is 1.42 bits per heavy atom. The molecule has 0 spiro atoms. The molecule has 2 rings (SSSR count). The largest absolute Gasteiger partial charge is 0.538 e. The number of alkyl halides is 1. The van der Waals surface area contributed by atoms with Crippen molar-refractivity contribution in [2.24, 2.45) is 0 Å². The zero-order valence-electron chi connectivity index (χ0n) is 13.6. The van der Waals surface area contributed by atoms with Crippen LogP contribution in [0.3, 0.4) is 0 Å². The fraction of sp³-hybridized carbons (Fsp3) is 0.429. The quantitative estimate of drug-likeness (QED) is 0.454. The molecule has 2 aromatic heterocycles. The Morgan fingerprint density at radius 3 is 2.67 bits per heavy atom. The van der Waals surface area contributed by atoms with Crippen LogP contribution < -0.4 is 9.15 Å². The summed E-state index contributed by atoms with van der Waals surface area (Å²) in [5.41, 5.74) is 0. The first-order valence-electron chi connectivity index (χ1n) is 7.28. The summed E-state index contributed by atoms with van der Waals surface area (Å²) < 4.78 is 38.2. The van der Waals surface area contributed by atoms with Crippen LogP contribution in [0, 0.1) is 0 Å². The van der Waals surface area contributed by atoms with Gasteiger partial charge in [-0.3, -0.25) is 0 Å². The maximum absolute atomic E-state index is 12.2. The average molecular weight is 454 g/mol. The zero-order chi connectivity index (χ0) is 18.0. The standard InChI is InChI=1S/C14H20BrNO5S2Si/c1-24(2,3)21-13-11(17)12(10-6-4-8-22-10)20-14(13)16-23(18,19)9-5-7-15/h4,6,8,16-17H,5,7,9H2,1-3H3. The number of nitrogens with one attached hydrogen (secondary N) is 1. The number of anilines is 1. The van der Waals surface area contributed by atoms with E-state index < -0.39 is 18.3 Å². The molecule has 0 radical (unpaired) electrons. The van der Waals surface area contributed by atoms with Crippen molar-refractivity contribution in [1.82, 2.24) is 0 Å². The molecule has 2 heterocycles. The van der Waals surface area contributed by atoms with Crippen LogP contribution in [0.5, 0.6) is 11.5 Å². The lowest BCUT2D eigenvalue weighted by molar-refractivity contribution is 0.440. The minimum atomic E-state index is -3.59. The van der Waals surface area contributed by atoms with Crippen LogP contribution in [0.2, 0.25) is 19.6 Å². The van der Waals surface area contributed by atoms with Gasteiger partial charge in [-0.2, -0.15) is 0 Å². The van der Waals surface area contributed by atoms with E-state index in [0.29, 0.717) is 16.6 Å². The normalized spacial score (nSPS) is 12.3. The van der Waals surface area contributed by atoms with E-state index in [9.17, 15) is 13.5 Å². The van der Waals surface area contributed by atoms with Crippen molar-refractivity contribution in [2.45, 2.75) is 26.1 Å². The summed E-state index contributed by atoms with van der Waals surface area (Å²) >= 11 is 4.59. The first kappa shape index (κ1) is 19.4. The lowest BCUT2D eigenvalue weighted by Gasteiger charge is -2.19. The van der Waals surface area contributed by atoms with E-state index >= 15 is 0 Å². The highest BCUT2D eigenvalue weighted by Crippen LogP contribution is 2.48. The Labute approximate surface area is 155 Å². The molecule has 2 N–H and O–H groups in total. The molecule has 0 saturated heterocycles. The SMILES string of the molecule is C[Si](C)(C)Oc1c(NS(=O)(=O)CCCBr)oc(-c2cccs2)c1O. The van der Waals surface area contributed by atoms with Crippen LogP contribution in [0.25, 0.3) is 10.6 Å². The van der Waals surface area contributed by atoms with Crippen molar-refractivity contribution in [3.8, 4) is 22.1 Å². The molecule has 0 unspecified atom stereocenters. The molecule has 6 nitrogen and oxygen atoms in total. The molecule has 0 aromatic carbocycles. The first-order chi connectivity index (χ1) is 11.1. The molecule has 0 atom stereocenters. The fourth-order valence-electron chi connectivity index (χ4n) is 1.89. The molecule has 10 heteroatoms. The predicted molar refractivity (Wildman–Crippen MR) is 103 cm³/mol. The number of thiophene rings is 1. The van der Waals surface area contributed by atoms with Crippen LogP contribution in [-0.2, 0) is 10.0 Å². The Morgan fingerprint density at radius 2 is 2.12 bits per heavy atom. The second-order valence-corrected chi connectivity index (χ2v) is 14.1. The molecular weight excluding hydrogens is 434 g/mol. The first-order valence-corrected chi connectivity index (χ1v) is 14.3. The van der Waals surface area contributed by atoms with Gasteiger partial charge < -0.3 is 13.9 Å². The highest BCUT2D eigenvalue weighted by molar-refractivity contribution is 9.09. The summed E-state index contributed by atoms with van der Waals surface area (Å²) in [6.07, 6.45) is 0.462. The Balaban J connectivity index is 2.43. The maximum atomic E-state index is 12.2. The molecule has 24 heavy (non-hydrogen) atoms. The van der Waals surface area contributed by atoms with Crippen LogP contribution in [0.4, 0.5) is 5.88 Å². The summed E-state index contributed by atoms with van der Waals surface area (Å²) in [7, 11) is -5.69. The number of aromatic hydroxyl groups is 1. The van der Waals surface area contributed by atoms with E-state index in [0.717, 1.165) is 0 Å². The number of furan rings is 1. The van der Waals surface area contributed by atoms with Gasteiger partial charge in [0, 0.05) is 5.33 Å². The monoisotopic (exact) mass is 453 g/mol. The molecule has 0 saturated carbocycles. The molecule has 0 aliphatic heterocycles. The van der Waals surface area contributed by atoms with Gasteiger partial charge in [0.15, 0.2) is 5.76 Å². The van der Waals surface area contributed by atoms with Crippen molar-refractivity contribution in [2.75, 3.05) is 15.8 Å². The summed E-state index contributed by atoms with van der Waals surface area (Å²) in [5.74, 6) is -0.0529. The summed E-state index contributed by atoms with van der Waals surface area (Å²) in [4.78, 5) is 0.693. The van der Waals surface area contributed by atoms with Crippen LogP contribution in [0.15, 0.2) is 21.9 Å². The van der Waals surface area contributed by atoms with Crippen LogP contribution in [0.1, 0.15) is 6.42 Å². The number of hydrogen-bond acceptors (Lipinski definition) is 6. The second kappa shape index (κ2) is 7.50. The van der Waals surface area contributed by atoms with Gasteiger partial charge in [0.2, 0.25) is 29.8 Å². The zero-order valence-corrected chi connectivity index (χ0v) is 17.8. The highest BCUT2D eigenvalue weighted by Gasteiger charge is 2.30. The van der Waals surface area contributed by atoms with Crippen molar-refractivity contribution in [3.05, 3.63) is 17.5 Å². The third-order valence-electron chi connectivity index (χ3n) is 2.79. The summed E-state index contributed by atoms with van der Waals surface area (Å²) in [6, 6.07) is 3.60. The Bertz CT molecular complexity index is 781. The summed E-state index contributed by atoms with van der Waals surface area (Å²) in [6.45, 7) is 5.81. The number of halogens is 1. The molecule has 0 aliphatic carbocycles. The van der Waals surface area contributed by atoms with Crippen molar-refractivity contribution in [3.63, 3.8) is 0 Å². The third kappa shape index (κ3) is 5.01. The molecule has 134 valence electrons. The Kier molecular flexibility index (Phi) is 6.05. The topological polar surface area (TPSA) is 88.8 Å². The van der Waals surface area contributed by atoms with Gasteiger partial charge in [-0.1, -0.05) is 22.0 Å². The second-order valence-electron chi connectivity index (χ2n) is 6.09. The maximum Gasteiger partial charge on any atom is 0.252 e. The summed E-state index contributed by atoms with van der Waals surface area (Å²) in [5, 5.41) is 12.9. The van der Waals surface area contributed by atoms with E-state index in [4.69, 9.17) is 8.84 Å². The number of sulfonamides is 1. The van der Waals surface area contributed by atoms with E-state index in [-0.39, 0.29) is 28.9 Å². The smallest absolute Gasteiger partial charge is 0.252 e. The van der Waals surface area contributed by atoms with E-state index in [1.807, 2.05) is 31.1 Å². The number of rotatable bonds is 8. The Hall–Kier alpha value is -0.973. The average Bonchev–Trinajstić information content (AvgIpc) is 3.07. The van der Waals surface area contributed by atoms with Crippen LogP contribution in [-0.4, -0.2) is 32.9 Å². The van der Waals surface area contributed by atoms with Crippen LogP contribution >= 0.6 is 27.3 Å². The predicted octanol–water partition coefficient (Wildman–Crippen LogP) is 4.45. The molecule has 2 aromatic rings. The lowest BCUT2D eigenvalue weighted by atomic mass is 10.3. The third-order valence-corrected chi connectivity index (χ3v) is 6.36. The van der Waals surface area contributed by atoms with Crippen molar-refractivity contribution < 1.29 is 22.4 Å². The van der Waals surface area contributed by atoms with Gasteiger partial charge >= 0.3 is 0 Å². The van der Waals surface area contributed by atoms with Gasteiger partial charge in [0.25, 0.3) is 5.88 Å².